The Kier molecular flexibility index (Phi) is 12.4. The van der Waals surface area contributed by atoms with Gasteiger partial charge in [-0.05, 0) is 25.5 Å². The molecule has 0 saturated carbocycles. The molecule has 0 atom stereocenters. The fraction of sp³-hybridized carbons (Fsp3) is 0.571. The molecule has 30 heavy (non-hydrogen) atoms. The van der Waals surface area contributed by atoms with Gasteiger partial charge < -0.3 is 24.6 Å². The summed E-state index contributed by atoms with van der Waals surface area (Å²) in [5.74, 6) is 3.20. The predicted molar refractivity (Wildman–Crippen MR) is 129 cm³/mol. The maximum Gasteiger partial charge on any atom is 0.228 e. The van der Waals surface area contributed by atoms with Gasteiger partial charge in [0.15, 0.2) is 11.8 Å². The van der Waals surface area contributed by atoms with Gasteiger partial charge in [0.1, 0.15) is 12.4 Å². The monoisotopic (exact) mass is 531 g/mol. The molecule has 2 aromatic rings. The number of hydrogen-bond donors (Lipinski definition) is 2. The van der Waals surface area contributed by atoms with Gasteiger partial charge in [-0.25, -0.2) is 4.99 Å². The number of aromatic nitrogens is 2. The molecule has 8 nitrogen and oxygen atoms in total. The second-order valence-corrected chi connectivity index (χ2v) is 7.03. The van der Waals surface area contributed by atoms with Gasteiger partial charge in [-0.2, -0.15) is 4.98 Å². The highest BCUT2D eigenvalue weighted by Crippen LogP contribution is 2.21. The van der Waals surface area contributed by atoms with Crippen molar-refractivity contribution in [2.45, 2.75) is 46.6 Å². The lowest BCUT2D eigenvalue weighted by atomic mass is 10.1. The first kappa shape index (κ1) is 26.2. The first-order valence-electron chi connectivity index (χ1n) is 10.1. The number of rotatable bonds is 11. The van der Waals surface area contributed by atoms with Crippen LogP contribution in [0.2, 0.25) is 0 Å². The summed E-state index contributed by atoms with van der Waals surface area (Å²) >= 11 is 0. The number of guanidine groups is 1. The molecule has 1 heterocycles. The summed E-state index contributed by atoms with van der Waals surface area (Å²) in [5.41, 5.74) is 2.18. The fourth-order valence-corrected chi connectivity index (χ4v) is 2.56. The summed E-state index contributed by atoms with van der Waals surface area (Å²) in [6, 6.07) is 6.15. The van der Waals surface area contributed by atoms with E-state index in [1.807, 2.05) is 33.8 Å². The second-order valence-electron chi connectivity index (χ2n) is 7.03. The van der Waals surface area contributed by atoms with E-state index >= 15 is 0 Å². The van der Waals surface area contributed by atoms with Crippen molar-refractivity contribution in [1.29, 1.82) is 0 Å². The number of nitrogens with one attached hydrogen (secondary N) is 2. The van der Waals surface area contributed by atoms with Crippen molar-refractivity contribution >= 4 is 29.9 Å². The number of benzene rings is 1. The molecule has 1 aromatic heterocycles. The first-order valence-corrected chi connectivity index (χ1v) is 10.1. The maximum atomic E-state index is 5.85. The van der Waals surface area contributed by atoms with Crippen molar-refractivity contribution in [3.05, 3.63) is 41.0 Å². The van der Waals surface area contributed by atoms with E-state index in [0.29, 0.717) is 38.6 Å². The molecule has 0 spiro atoms. The molecule has 0 fully saturated rings. The average Bonchev–Trinajstić information content (AvgIpc) is 3.17. The molecule has 2 rings (SSSR count). The number of ether oxygens (including phenoxy) is 2. The van der Waals surface area contributed by atoms with Gasteiger partial charge in [0, 0.05) is 38.1 Å². The third kappa shape index (κ3) is 8.86. The van der Waals surface area contributed by atoms with Crippen LogP contribution in [-0.2, 0) is 17.7 Å². The molecule has 0 radical (unpaired) electrons. The summed E-state index contributed by atoms with van der Waals surface area (Å²) in [6.45, 7) is 11.2. The average molecular weight is 531 g/mol. The van der Waals surface area contributed by atoms with Gasteiger partial charge in [-0.1, -0.05) is 31.1 Å². The van der Waals surface area contributed by atoms with Crippen LogP contribution in [0.25, 0.3) is 0 Å². The minimum atomic E-state index is 0. The van der Waals surface area contributed by atoms with Crippen molar-refractivity contribution in [1.82, 2.24) is 20.8 Å². The van der Waals surface area contributed by atoms with Crippen LogP contribution in [0, 0.1) is 6.92 Å². The van der Waals surface area contributed by atoms with Crippen molar-refractivity contribution < 1.29 is 14.0 Å². The van der Waals surface area contributed by atoms with Crippen LogP contribution in [0.5, 0.6) is 5.75 Å². The highest BCUT2D eigenvalue weighted by Gasteiger charge is 2.10. The van der Waals surface area contributed by atoms with E-state index in [4.69, 9.17) is 14.0 Å². The van der Waals surface area contributed by atoms with Gasteiger partial charge in [-0.3, -0.25) is 0 Å². The van der Waals surface area contributed by atoms with Crippen LogP contribution in [0.15, 0.2) is 27.7 Å². The predicted octanol–water partition coefficient (Wildman–Crippen LogP) is 3.44. The van der Waals surface area contributed by atoms with Crippen molar-refractivity contribution in [2.24, 2.45) is 4.99 Å². The van der Waals surface area contributed by atoms with E-state index in [1.165, 1.54) is 0 Å². The zero-order valence-electron chi connectivity index (χ0n) is 18.5. The number of aliphatic imine (C=N–C) groups is 1. The van der Waals surface area contributed by atoms with E-state index in [2.05, 4.69) is 37.9 Å². The van der Waals surface area contributed by atoms with Crippen LogP contribution in [0.4, 0.5) is 0 Å². The Labute approximate surface area is 196 Å². The molecular weight excluding hydrogens is 497 g/mol. The van der Waals surface area contributed by atoms with Crippen molar-refractivity contribution in [3.8, 4) is 5.75 Å². The first-order chi connectivity index (χ1) is 14.0. The van der Waals surface area contributed by atoms with Crippen molar-refractivity contribution in [2.75, 3.05) is 33.4 Å². The largest absolute Gasteiger partial charge is 0.491 e. The van der Waals surface area contributed by atoms with E-state index in [-0.39, 0.29) is 29.9 Å². The van der Waals surface area contributed by atoms with Crippen LogP contribution >= 0.6 is 24.0 Å². The smallest absolute Gasteiger partial charge is 0.228 e. The molecule has 0 aliphatic rings. The normalized spacial score (nSPS) is 11.3. The van der Waals surface area contributed by atoms with E-state index in [0.717, 1.165) is 35.2 Å². The van der Waals surface area contributed by atoms with Crippen LogP contribution in [0.3, 0.4) is 0 Å². The third-order valence-electron chi connectivity index (χ3n) is 4.15. The zero-order valence-corrected chi connectivity index (χ0v) is 20.9. The number of methoxy groups -OCH3 is 1. The molecule has 168 valence electrons. The molecule has 0 amide bonds. The quantitative estimate of drug-likeness (QED) is 0.199. The molecule has 2 N–H and O–H groups in total. The Morgan fingerprint density at radius 3 is 2.70 bits per heavy atom. The van der Waals surface area contributed by atoms with Gasteiger partial charge >= 0.3 is 0 Å². The lowest BCUT2D eigenvalue weighted by molar-refractivity contribution is 0.145. The van der Waals surface area contributed by atoms with Crippen LogP contribution < -0.4 is 15.4 Å². The minimum Gasteiger partial charge on any atom is -0.491 e. The maximum absolute atomic E-state index is 5.85. The fourth-order valence-electron chi connectivity index (χ4n) is 2.56. The summed E-state index contributed by atoms with van der Waals surface area (Å²) < 4.78 is 16.2. The van der Waals surface area contributed by atoms with E-state index in [9.17, 15) is 0 Å². The molecule has 0 unspecified atom stereocenters. The van der Waals surface area contributed by atoms with Crippen LogP contribution in [0.1, 0.15) is 49.5 Å². The Hall–Kier alpha value is -1.88. The van der Waals surface area contributed by atoms with E-state index < -0.39 is 0 Å². The Balaban J connectivity index is 0.00000450. The van der Waals surface area contributed by atoms with Gasteiger partial charge in [0.25, 0.3) is 0 Å². The lowest BCUT2D eigenvalue weighted by Gasteiger charge is -2.13. The highest BCUT2D eigenvalue weighted by molar-refractivity contribution is 14.0. The Morgan fingerprint density at radius 2 is 2.03 bits per heavy atom. The SMILES string of the molecule is CCNC(=NCc1ccc(C)cc1OCCOC)NCCc1nc(C(C)C)no1.I. The van der Waals surface area contributed by atoms with Gasteiger partial charge in [-0.15, -0.1) is 24.0 Å². The number of hydrogen-bond acceptors (Lipinski definition) is 6. The second kappa shape index (κ2) is 14.2. The van der Waals surface area contributed by atoms with Gasteiger partial charge in [0.2, 0.25) is 5.89 Å². The standard InChI is InChI=1S/C21H33N5O3.HI/c1-6-22-21(23-10-9-19-25-20(15(2)3)26-29-19)24-14-17-8-7-16(4)13-18(17)28-12-11-27-5;/h7-8,13,15H,6,9-12,14H2,1-5H3,(H2,22,23,24);1H. The van der Waals surface area contributed by atoms with E-state index in [1.54, 1.807) is 7.11 Å². The van der Waals surface area contributed by atoms with Gasteiger partial charge in [0.05, 0.1) is 13.2 Å². The molecule has 0 aliphatic carbocycles. The zero-order chi connectivity index (χ0) is 21.1. The number of nitrogens with zero attached hydrogens (tertiary/aromatic N) is 3. The molecule has 9 heteroatoms. The highest BCUT2D eigenvalue weighted by atomic mass is 127. The summed E-state index contributed by atoms with van der Waals surface area (Å²) in [4.78, 5) is 9.08. The number of aryl methyl sites for hydroxylation is 1. The molecular formula is C21H34IN5O3. The summed E-state index contributed by atoms with van der Waals surface area (Å²) in [5, 5.41) is 10.6. The van der Waals surface area contributed by atoms with Crippen molar-refractivity contribution in [3.63, 3.8) is 0 Å². The summed E-state index contributed by atoms with van der Waals surface area (Å²) in [6.07, 6.45) is 0.639. The Bertz CT molecular complexity index is 780. The minimum absolute atomic E-state index is 0. The van der Waals surface area contributed by atoms with Crippen LogP contribution in [-0.4, -0.2) is 49.5 Å². The Morgan fingerprint density at radius 1 is 1.23 bits per heavy atom. The molecule has 0 bridgehead atoms. The summed E-state index contributed by atoms with van der Waals surface area (Å²) in [7, 11) is 1.66. The third-order valence-corrected chi connectivity index (χ3v) is 4.15. The lowest BCUT2D eigenvalue weighted by Crippen LogP contribution is -2.38. The molecule has 1 aromatic carbocycles. The number of halogens is 1. The molecule has 0 aliphatic heterocycles. The topological polar surface area (TPSA) is 93.8 Å². The molecule has 0 saturated heterocycles.